The Morgan fingerprint density at radius 2 is 1.94 bits per heavy atom. The third-order valence-electron chi connectivity index (χ3n) is 5.46. The summed E-state index contributed by atoms with van der Waals surface area (Å²) in [5.41, 5.74) is 10.8. The summed E-state index contributed by atoms with van der Waals surface area (Å²) in [5, 5.41) is 3.16. The van der Waals surface area contributed by atoms with Crippen molar-refractivity contribution in [1.82, 2.24) is 24.8 Å². The largest absolute Gasteiger partial charge is 0.391 e. The zero-order valence-corrected chi connectivity index (χ0v) is 18.6. The van der Waals surface area contributed by atoms with Gasteiger partial charge in [0, 0.05) is 31.5 Å². The van der Waals surface area contributed by atoms with E-state index in [4.69, 9.17) is 15.7 Å². The van der Waals surface area contributed by atoms with Gasteiger partial charge in [0.2, 0.25) is 0 Å². The minimum Gasteiger partial charge on any atom is -0.391 e. The van der Waals surface area contributed by atoms with Crippen molar-refractivity contribution >= 4 is 22.8 Å². The molecule has 3 heterocycles. The number of nitrogens with zero attached hydrogens (tertiary/aromatic N) is 5. The molecule has 0 radical (unpaired) electrons. The van der Waals surface area contributed by atoms with Crippen LogP contribution in [0.1, 0.15) is 18.9 Å². The Kier molecular flexibility index (Phi) is 6.35. The van der Waals surface area contributed by atoms with Gasteiger partial charge in [0.15, 0.2) is 11.5 Å². The molecule has 7 nitrogen and oxygen atoms in total. The summed E-state index contributed by atoms with van der Waals surface area (Å²) in [6.45, 7) is 10.6. The third kappa shape index (κ3) is 4.27. The van der Waals surface area contributed by atoms with Gasteiger partial charge in [0.25, 0.3) is 0 Å². The van der Waals surface area contributed by atoms with Gasteiger partial charge in [-0.05, 0) is 62.9 Å². The monoisotopic (exact) mass is 427 g/mol. The summed E-state index contributed by atoms with van der Waals surface area (Å²) in [7, 11) is 0. The second-order valence-electron chi connectivity index (χ2n) is 7.65. The van der Waals surface area contributed by atoms with Crippen LogP contribution in [0.3, 0.4) is 0 Å². The van der Waals surface area contributed by atoms with E-state index in [1.165, 1.54) is 5.56 Å². The highest BCUT2D eigenvalue weighted by Crippen LogP contribution is 2.31. The van der Waals surface area contributed by atoms with Crippen LogP contribution in [0.4, 0.5) is 11.6 Å². The Morgan fingerprint density at radius 3 is 2.66 bits per heavy atom. The maximum Gasteiger partial charge on any atom is 0.167 e. The molecule has 0 aliphatic heterocycles. The van der Waals surface area contributed by atoms with E-state index >= 15 is 0 Å². The molecule has 3 N–H and O–H groups in total. The van der Waals surface area contributed by atoms with E-state index in [9.17, 15) is 0 Å². The highest BCUT2D eigenvalue weighted by atomic mass is 15.2. The van der Waals surface area contributed by atoms with E-state index in [1.54, 1.807) is 12.4 Å². The highest BCUT2D eigenvalue weighted by molar-refractivity contribution is 5.83. The molecule has 0 fully saturated rings. The number of aromatic nitrogens is 4. The highest BCUT2D eigenvalue weighted by Gasteiger charge is 2.19. The van der Waals surface area contributed by atoms with Gasteiger partial charge in [0.1, 0.15) is 17.2 Å². The quantitative estimate of drug-likeness (QED) is 0.387. The van der Waals surface area contributed by atoms with Crippen molar-refractivity contribution < 1.29 is 0 Å². The second kappa shape index (κ2) is 9.51. The molecule has 0 spiro atoms. The van der Waals surface area contributed by atoms with Crippen molar-refractivity contribution in [2.45, 2.75) is 20.3 Å². The molecule has 0 atom stereocenters. The van der Waals surface area contributed by atoms with Crippen LogP contribution in [0, 0.1) is 6.92 Å². The van der Waals surface area contributed by atoms with E-state index in [1.807, 2.05) is 24.3 Å². The topological polar surface area (TPSA) is 84.9 Å². The summed E-state index contributed by atoms with van der Waals surface area (Å²) in [6, 6.07) is 16.2. The summed E-state index contributed by atoms with van der Waals surface area (Å²) < 4.78 is 2.07. The molecule has 0 unspecified atom stereocenters. The molecule has 0 saturated carbocycles. The number of hydrogen-bond acceptors (Lipinski definition) is 6. The Labute approximate surface area is 188 Å². The molecule has 0 aliphatic carbocycles. The lowest BCUT2D eigenvalue weighted by Crippen LogP contribution is -2.27. The van der Waals surface area contributed by atoms with E-state index in [-0.39, 0.29) is 0 Å². The molecular formula is C25H29N7. The van der Waals surface area contributed by atoms with Crippen LogP contribution in [0.25, 0.3) is 28.2 Å². The summed E-state index contributed by atoms with van der Waals surface area (Å²) in [5.74, 6) is 2.11. The molecule has 0 saturated heterocycles. The minimum absolute atomic E-state index is 0.446. The standard InChI is InChI=1S/C25H29N7/c1-4-27-15-7-17-31(5-2)22-14-13-21-25(30-22)32(19-11-9-18(3)10-12-19)24(29-21)20-8-6-16-28-23(20)26/h4,6,8-14,16,27H,1,5,7,15,17H2,2-3H3,(H2,26,28). The van der Waals surface area contributed by atoms with Gasteiger partial charge < -0.3 is 16.0 Å². The molecule has 0 aliphatic rings. The summed E-state index contributed by atoms with van der Waals surface area (Å²) in [4.78, 5) is 16.5. The number of anilines is 2. The number of imidazole rings is 1. The predicted octanol–water partition coefficient (Wildman–Crippen LogP) is 4.32. The molecule has 0 bridgehead atoms. The Balaban J connectivity index is 1.84. The first-order valence-corrected chi connectivity index (χ1v) is 10.9. The molecule has 4 rings (SSSR count). The number of fused-ring (bicyclic) bond motifs is 1. The molecular weight excluding hydrogens is 398 g/mol. The van der Waals surface area contributed by atoms with Gasteiger partial charge in [-0.3, -0.25) is 4.57 Å². The van der Waals surface area contributed by atoms with E-state index in [0.717, 1.165) is 60.1 Å². The maximum atomic E-state index is 6.22. The number of nitrogens with one attached hydrogen (secondary N) is 1. The molecule has 3 aromatic heterocycles. The summed E-state index contributed by atoms with van der Waals surface area (Å²) >= 11 is 0. The number of nitrogens with two attached hydrogens (primary N) is 1. The zero-order chi connectivity index (χ0) is 22.5. The van der Waals surface area contributed by atoms with Crippen LogP contribution < -0.4 is 16.0 Å². The molecule has 0 amide bonds. The predicted molar refractivity (Wildman–Crippen MR) is 132 cm³/mol. The fourth-order valence-corrected chi connectivity index (χ4v) is 3.76. The lowest BCUT2D eigenvalue weighted by Gasteiger charge is -2.22. The number of hydrogen-bond donors (Lipinski definition) is 2. The number of benzene rings is 1. The van der Waals surface area contributed by atoms with Crippen molar-refractivity contribution in [2.24, 2.45) is 0 Å². The van der Waals surface area contributed by atoms with Crippen LogP contribution in [-0.2, 0) is 0 Å². The first-order valence-electron chi connectivity index (χ1n) is 10.9. The van der Waals surface area contributed by atoms with Crippen molar-refractivity contribution in [3.05, 3.63) is 73.1 Å². The molecule has 1 aromatic carbocycles. The smallest absolute Gasteiger partial charge is 0.167 e. The van der Waals surface area contributed by atoms with Crippen molar-refractivity contribution in [3.8, 4) is 17.1 Å². The average molecular weight is 428 g/mol. The van der Waals surface area contributed by atoms with Gasteiger partial charge in [-0.2, -0.15) is 0 Å². The van der Waals surface area contributed by atoms with Crippen molar-refractivity contribution in [2.75, 3.05) is 30.3 Å². The van der Waals surface area contributed by atoms with E-state index in [0.29, 0.717) is 5.82 Å². The van der Waals surface area contributed by atoms with Gasteiger partial charge in [-0.15, -0.1) is 0 Å². The zero-order valence-electron chi connectivity index (χ0n) is 18.6. The molecule has 7 heteroatoms. The van der Waals surface area contributed by atoms with Gasteiger partial charge >= 0.3 is 0 Å². The number of pyridine rings is 2. The normalized spacial score (nSPS) is 10.9. The van der Waals surface area contributed by atoms with Gasteiger partial charge in [-0.1, -0.05) is 24.3 Å². The van der Waals surface area contributed by atoms with Crippen LogP contribution in [-0.4, -0.2) is 39.2 Å². The van der Waals surface area contributed by atoms with Crippen LogP contribution in [0.15, 0.2) is 67.5 Å². The fraction of sp³-hybridized carbons (Fsp3) is 0.240. The van der Waals surface area contributed by atoms with Crippen LogP contribution in [0.2, 0.25) is 0 Å². The van der Waals surface area contributed by atoms with Gasteiger partial charge in [-0.25, -0.2) is 15.0 Å². The summed E-state index contributed by atoms with van der Waals surface area (Å²) in [6.07, 6.45) is 4.41. The first-order chi connectivity index (χ1) is 15.6. The van der Waals surface area contributed by atoms with Crippen LogP contribution >= 0.6 is 0 Å². The molecule has 32 heavy (non-hydrogen) atoms. The molecule has 4 aromatic rings. The van der Waals surface area contributed by atoms with Gasteiger partial charge in [0.05, 0.1) is 5.56 Å². The fourth-order valence-electron chi connectivity index (χ4n) is 3.76. The SMILES string of the molecule is C=CNCCCN(CC)c1ccc2nc(-c3cccnc3N)n(-c3ccc(C)cc3)c2n1. The number of nitrogen functional groups attached to an aromatic ring is 1. The van der Waals surface area contributed by atoms with Crippen LogP contribution in [0.5, 0.6) is 0 Å². The Bertz CT molecular complexity index is 1210. The average Bonchev–Trinajstić information content (AvgIpc) is 3.18. The second-order valence-corrected chi connectivity index (χ2v) is 7.65. The first kappa shape index (κ1) is 21.4. The number of rotatable bonds is 9. The van der Waals surface area contributed by atoms with E-state index in [2.05, 4.69) is 64.5 Å². The minimum atomic E-state index is 0.446. The Hall–Kier alpha value is -3.87. The third-order valence-corrected chi connectivity index (χ3v) is 5.46. The van der Waals surface area contributed by atoms with Crippen molar-refractivity contribution in [1.29, 1.82) is 0 Å². The van der Waals surface area contributed by atoms with Crippen molar-refractivity contribution in [3.63, 3.8) is 0 Å². The maximum absolute atomic E-state index is 6.22. The lowest BCUT2D eigenvalue weighted by atomic mass is 10.2. The number of aryl methyl sites for hydroxylation is 1. The van der Waals surface area contributed by atoms with E-state index < -0.39 is 0 Å². The molecule has 164 valence electrons. The lowest BCUT2D eigenvalue weighted by molar-refractivity contribution is 0.706. The Morgan fingerprint density at radius 1 is 1.12 bits per heavy atom.